The molecule has 0 fully saturated rings. The minimum absolute atomic E-state index is 0.375. The summed E-state index contributed by atoms with van der Waals surface area (Å²) in [6.07, 6.45) is 3.31. The Morgan fingerprint density at radius 1 is 1.04 bits per heavy atom. The Bertz CT molecular complexity index is 793. The molecular formula is C18H21N5. The van der Waals surface area contributed by atoms with Gasteiger partial charge in [-0.25, -0.2) is 4.98 Å². The second kappa shape index (κ2) is 6.30. The van der Waals surface area contributed by atoms with Crippen molar-refractivity contribution in [1.29, 1.82) is 0 Å². The van der Waals surface area contributed by atoms with Crippen molar-refractivity contribution in [3.05, 3.63) is 60.3 Å². The molecule has 118 valence electrons. The van der Waals surface area contributed by atoms with Crippen molar-refractivity contribution in [1.82, 2.24) is 24.6 Å². The van der Waals surface area contributed by atoms with E-state index < -0.39 is 0 Å². The minimum Gasteiger partial charge on any atom is -0.303 e. The van der Waals surface area contributed by atoms with Gasteiger partial charge in [0.05, 0.1) is 0 Å². The minimum atomic E-state index is 0.375. The fraction of sp³-hybridized carbons (Fsp3) is 0.278. The molecule has 0 bridgehead atoms. The molecule has 0 amide bonds. The number of nitrogens with zero attached hydrogens (tertiary/aromatic N) is 5. The highest BCUT2D eigenvalue weighted by atomic mass is 15.2. The highest BCUT2D eigenvalue weighted by molar-refractivity contribution is 5.67. The largest absolute Gasteiger partial charge is 0.303 e. The van der Waals surface area contributed by atoms with Gasteiger partial charge in [0.1, 0.15) is 18.5 Å². The molecule has 0 saturated carbocycles. The van der Waals surface area contributed by atoms with Gasteiger partial charge in [0.15, 0.2) is 0 Å². The molecule has 5 heteroatoms. The van der Waals surface area contributed by atoms with Crippen LogP contribution in [0.3, 0.4) is 0 Å². The van der Waals surface area contributed by atoms with Crippen LogP contribution in [-0.2, 0) is 0 Å². The molecule has 0 aliphatic heterocycles. The summed E-state index contributed by atoms with van der Waals surface area (Å²) in [7, 11) is 4.19. The second-order valence-electron chi connectivity index (χ2n) is 5.94. The van der Waals surface area contributed by atoms with Crippen LogP contribution in [0.5, 0.6) is 0 Å². The smallest absolute Gasteiger partial charge is 0.139 e. The number of aryl methyl sites for hydroxylation is 1. The fourth-order valence-electron chi connectivity index (χ4n) is 2.58. The molecule has 3 aromatic rings. The number of rotatable bonds is 4. The molecule has 0 aliphatic carbocycles. The molecule has 0 unspecified atom stereocenters. The van der Waals surface area contributed by atoms with E-state index in [0.717, 1.165) is 17.1 Å². The molecule has 0 N–H and O–H groups in total. The normalized spacial score (nSPS) is 12.6. The fourth-order valence-corrected chi connectivity index (χ4v) is 2.58. The molecule has 3 rings (SSSR count). The predicted molar refractivity (Wildman–Crippen MR) is 91.4 cm³/mol. The Kier molecular flexibility index (Phi) is 4.21. The van der Waals surface area contributed by atoms with E-state index in [1.807, 2.05) is 13.0 Å². The third-order valence-electron chi connectivity index (χ3n) is 4.21. The van der Waals surface area contributed by atoms with Crippen LogP contribution in [-0.4, -0.2) is 38.7 Å². The van der Waals surface area contributed by atoms with Crippen LogP contribution in [0.4, 0.5) is 0 Å². The van der Waals surface area contributed by atoms with Gasteiger partial charge in [-0.3, -0.25) is 4.57 Å². The maximum absolute atomic E-state index is 4.67. The van der Waals surface area contributed by atoms with E-state index in [1.165, 1.54) is 11.1 Å². The molecule has 23 heavy (non-hydrogen) atoms. The maximum atomic E-state index is 4.67. The summed E-state index contributed by atoms with van der Waals surface area (Å²) >= 11 is 0. The van der Waals surface area contributed by atoms with Crippen LogP contribution in [0.15, 0.2) is 49.1 Å². The highest BCUT2D eigenvalue weighted by Gasteiger charge is 2.11. The molecular weight excluding hydrogens is 286 g/mol. The molecule has 0 spiro atoms. The molecule has 5 nitrogen and oxygen atoms in total. The highest BCUT2D eigenvalue weighted by Crippen LogP contribution is 2.27. The van der Waals surface area contributed by atoms with E-state index in [9.17, 15) is 0 Å². The van der Waals surface area contributed by atoms with Crippen LogP contribution < -0.4 is 0 Å². The third kappa shape index (κ3) is 3.14. The first-order valence-corrected chi connectivity index (χ1v) is 7.65. The van der Waals surface area contributed by atoms with Gasteiger partial charge in [0, 0.05) is 17.3 Å². The molecule has 2 aromatic heterocycles. The lowest BCUT2D eigenvalue weighted by molar-refractivity contribution is 0.321. The Labute approximate surface area is 136 Å². The van der Waals surface area contributed by atoms with Crippen molar-refractivity contribution < 1.29 is 0 Å². The zero-order chi connectivity index (χ0) is 16.4. The average molecular weight is 307 g/mol. The van der Waals surface area contributed by atoms with E-state index in [1.54, 1.807) is 17.2 Å². The first-order chi connectivity index (χ1) is 11.1. The maximum Gasteiger partial charge on any atom is 0.139 e. The summed E-state index contributed by atoms with van der Waals surface area (Å²) < 4.78 is 1.81. The SMILES string of the molecule is Cc1nc(-n2cnnc2)ccc1-c1cccc([C@@H](C)N(C)C)c1. The van der Waals surface area contributed by atoms with Crippen LogP contribution >= 0.6 is 0 Å². The summed E-state index contributed by atoms with van der Waals surface area (Å²) in [6.45, 7) is 4.24. The number of hydrogen-bond donors (Lipinski definition) is 0. The topological polar surface area (TPSA) is 46.8 Å². The summed E-state index contributed by atoms with van der Waals surface area (Å²) in [5.74, 6) is 0.828. The van der Waals surface area contributed by atoms with Gasteiger partial charge < -0.3 is 4.90 Å². The molecule has 0 saturated heterocycles. The Balaban J connectivity index is 1.97. The summed E-state index contributed by atoms with van der Waals surface area (Å²) in [6, 6.07) is 13.1. The predicted octanol–water partition coefficient (Wildman–Crippen LogP) is 3.26. The molecule has 0 aliphatic rings. The van der Waals surface area contributed by atoms with E-state index in [-0.39, 0.29) is 0 Å². The standard InChI is InChI=1S/C18H21N5/c1-13-17(8-9-18(21-13)23-11-19-20-12-23)16-7-5-6-15(10-16)14(2)22(3)4/h5-12,14H,1-4H3/t14-/m1/s1. The monoisotopic (exact) mass is 307 g/mol. The van der Waals surface area contributed by atoms with Crippen LogP contribution in [0.1, 0.15) is 24.2 Å². The van der Waals surface area contributed by atoms with E-state index in [2.05, 4.69) is 71.4 Å². The van der Waals surface area contributed by atoms with Gasteiger partial charge in [0.2, 0.25) is 0 Å². The van der Waals surface area contributed by atoms with Crippen LogP contribution in [0.2, 0.25) is 0 Å². The first kappa shape index (κ1) is 15.4. The van der Waals surface area contributed by atoms with E-state index >= 15 is 0 Å². The number of aromatic nitrogens is 4. The average Bonchev–Trinajstić information content (AvgIpc) is 3.08. The Hall–Kier alpha value is -2.53. The van der Waals surface area contributed by atoms with Crippen molar-refractivity contribution in [3.63, 3.8) is 0 Å². The van der Waals surface area contributed by atoms with Crippen molar-refractivity contribution in [3.8, 4) is 16.9 Å². The van der Waals surface area contributed by atoms with Gasteiger partial charge in [-0.1, -0.05) is 18.2 Å². The Morgan fingerprint density at radius 3 is 2.43 bits per heavy atom. The van der Waals surface area contributed by atoms with E-state index in [4.69, 9.17) is 0 Å². The van der Waals surface area contributed by atoms with Gasteiger partial charge in [-0.2, -0.15) is 0 Å². The molecule has 1 aromatic carbocycles. The number of benzene rings is 1. The molecule has 2 heterocycles. The zero-order valence-electron chi connectivity index (χ0n) is 13.9. The van der Waals surface area contributed by atoms with Crippen molar-refractivity contribution in [2.45, 2.75) is 19.9 Å². The van der Waals surface area contributed by atoms with Crippen molar-refractivity contribution in [2.24, 2.45) is 0 Å². The van der Waals surface area contributed by atoms with Gasteiger partial charge in [0.25, 0.3) is 0 Å². The molecule has 0 radical (unpaired) electrons. The third-order valence-corrected chi connectivity index (χ3v) is 4.21. The van der Waals surface area contributed by atoms with Gasteiger partial charge >= 0.3 is 0 Å². The lowest BCUT2D eigenvalue weighted by Gasteiger charge is -2.21. The number of pyridine rings is 1. The lowest BCUT2D eigenvalue weighted by Crippen LogP contribution is -2.16. The lowest BCUT2D eigenvalue weighted by atomic mass is 9.99. The van der Waals surface area contributed by atoms with Crippen molar-refractivity contribution in [2.75, 3.05) is 14.1 Å². The summed E-state index contributed by atoms with van der Waals surface area (Å²) in [5, 5.41) is 7.65. The summed E-state index contributed by atoms with van der Waals surface area (Å²) in [5.41, 5.74) is 4.63. The van der Waals surface area contributed by atoms with Crippen LogP contribution in [0.25, 0.3) is 16.9 Å². The second-order valence-corrected chi connectivity index (χ2v) is 5.94. The molecule has 1 atom stereocenters. The van der Waals surface area contributed by atoms with Crippen LogP contribution in [0, 0.1) is 6.92 Å². The number of hydrogen-bond acceptors (Lipinski definition) is 4. The van der Waals surface area contributed by atoms with Gasteiger partial charge in [-0.15, -0.1) is 10.2 Å². The quantitative estimate of drug-likeness (QED) is 0.742. The zero-order valence-corrected chi connectivity index (χ0v) is 13.9. The Morgan fingerprint density at radius 2 is 1.78 bits per heavy atom. The summed E-state index contributed by atoms with van der Waals surface area (Å²) in [4.78, 5) is 6.88. The van der Waals surface area contributed by atoms with Gasteiger partial charge in [-0.05, 0) is 57.3 Å². The van der Waals surface area contributed by atoms with Crippen molar-refractivity contribution >= 4 is 0 Å². The van der Waals surface area contributed by atoms with E-state index in [0.29, 0.717) is 6.04 Å². The first-order valence-electron chi connectivity index (χ1n) is 7.65.